The Kier molecular flexibility index (Phi) is 4.97. The normalized spacial score (nSPS) is 32.1. The number of likely N-dealkylation sites (tertiary alicyclic amines) is 1. The van der Waals surface area contributed by atoms with E-state index in [0.29, 0.717) is 13.0 Å². The van der Waals surface area contributed by atoms with Gasteiger partial charge in [-0.25, -0.2) is 0 Å². The van der Waals surface area contributed by atoms with E-state index in [4.69, 9.17) is 0 Å². The van der Waals surface area contributed by atoms with Crippen molar-refractivity contribution in [2.45, 2.75) is 58.4 Å². The third-order valence-electron chi connectivity index (χ3n) is 4.64. The second-order valence-electron chi connectivity index (χ2n) is 6.10. The van der Waals surface area contributed by atoms with E-state index < -0.39 is 0 Å². The molecule has 1 saturated heterocycles. The molecule has 1 unspecified atom stereocenters. The van der Waals surface area contributed by atoms with Gasteiger partial charge in [-0.15, -0.1) is 0 Å². The number of likely N-dealkylation sites (N-methyl/N-ethyl adjacent to an activating group) is 1. The molecule has 0 aromatic heterocycles. The zero-order valence-electron chi connectivity index (χ0n) is 12.2. The summed E-state index contributed by atoms with van der Waals surface area (Å²) in [6.45, 7) is 5.54. The number of carbonyl (C=O) groups is 2. The Morgan fingerprint density at radius 3 is 2.47 bits per heavy atom. The molecule has 1 aliphatic heterocycles. The van der Waals surface area contributed by atoms with Gasteiger partial charge in [0.05, 0.1) is 12.5 Å². The highest BCUT2D eigenvalue weighted by molar-refractivity contribution is 6.05. The molecule has 19 heavy (non-hydrogen) atoms. The first kappa shape index (κ1) is 14.5. The SMILES string of the molecule is CCN1C(=O)CC(NCCC2CCC(C)CC2)C1=O. The molecule has 1 atom stereocenters. The van der Waals surface area contributed by atoms with Crippen molar-refractivity contribution in [1.82, 2.24) is 10.2 Å². The molecule has 4 heteroatoms. The van der Waals surface area contributed by atoms with E-state index in [0.717, 1.165) is 24.8 Å². The molecule has 2 amide bonds. The average molecular weight is 266 g/mol. The summed E-state index contributed by atoms with van der Waals surface area (Å²) in [5.41, 5.74) is 0. The Balaban J connectivity index is 1.69. The van der Waals surface area contributed by atoms with Crippen molar-refractivity contribution in [1.29, 1.82) is 0 Å². The molecule has 2 rings (SSSR count). The van der Waals surface area contributed by atoms with Gasteiger partial charge in [0.15, 0.2) is 0 Å². The Morgan fingerprint density at radius 1 is 1.21 bits per heavy atom. The quantitative estimate of drug-likeness (QED) is 0.774. The Bertz CT molecular complexity index is 335. The lowest BCUT2D eigenvalue weighted by atomic mass is 9.81. The summed E-state index contributed by atoms with van der Waals surface area (Å²) in [6, 6.07) is -0.269. The van der Waals surface area contributed by atoms with Crippen LogP contribution < -0.4 is 5.32 Å². The average Bonchev–Trinajstić information content (AvgIpc) is 2.66. The van der Waals surface area contributed by atoms with Gasteiger partial charge >= 0.3 is 0 Å². The van der Waals surface area contributed by atoms with Gasteiger partial charge in [-0.2, -0.15) is 0 Å². The van der Waals surface area contributed by atoms with Crippen LogP contribution in [0.15, 0.2) is 0 Å². The van der Waals surface area contributed by atoms with Crippen LogP contribution in [0.4, 0.5) is 0 Å². The van der Waals surface area contributed by atoms with Gasteiger partial charge in [-0.3, -0.25) is 14.5 Å². The minimum absolute atomic E-state index is 0.0310. The molecular formula is C15H26N2O2. The molecule has 0 aromatic carbocycles. The number of carbonyl (C=O) groups excluding carboxylic acids is 2. The fraction of sp³-hybridized carbons (Fsp3) is 0.867. The molecule has 1 aliphatic carbocycles. The molecule has 0 radical (unpaired) electrons. The van der Waals surface area contributed by atoms with Crippen LogP contribution in [0.1, 0.15) is 52.4 Å². The van der Waals surface area contributed by atoms with Crippen molar-refractivity contribution in [3.8, 4) is 0 Å². The van der Waals surface area contributed by atoms with Crippen molar-refractivity contribution in [3.63, 3.8) is 0 Å². The van der Waals surface area contributed by atoms with Crippen molar-refractivity contribution in [2.75, 3.05) is 13.1 Å². The number of hydrogen-bond donors (Lipinski definition) is 1. The number of nitrogens with zero attached hydrogens (tertiary/aromatic N) is 1. The van der Waals surface area contributed by atoms with Gasteiger partial charge in [-0.1, -0.05) is 32.6 Å². The highest BCUT2D eigenvalue weighted by Gasteiger charge is 2.37. The van der Waals surface area contributed by atoms with Crippen LogP contribution in [0.3, 0.4) is 0 Å². The van der Waals surface area contributed by atoms with E-state index in [-0.39, 0.29) is 17.9 Å². The van der Waals surface area contributed by atoms with Gasteiger partial charge < -0.3 is 5.32 Å². The summed E-state index contributed by atoms with van der Waals surface area (Å²) >= 11 is 0. The lowest BCUT2D eigenvalue weighted by Gasteiger charge is -2.26. The second-order valence-corrected chi connectivity index (χ2v) is 6.10. The first-order valence-electron chi connectivity index (χ1n) is 7.69. The van der Waals surface area contributed by atoms with Gasteiger partial charge in [0.1, 0.15) is 0 Å². The minimum Gasteiger partial charge on any atom is -0.305 e. The fourth-order valence-electron chi connectivity index (χ4n) is 3.25. The number of nitrogens with one attached hydrogen (secondary N) is 1. The highest BCUT2D eigenvalue weighted by atomic mass is 16.2. The van der Waals surface area contributed by atoms with Crippen molar-refractivity contribution in [3.05, 3.63) is 0 Å². The largest absolute Gasteiger partial charge is 0.305 e. The molecule has 0 aromatic rings. The molecular weight excluding hydrogens is 240 g/mol. The van der Waals surface area contributed by atoms with Crippen molar-refractivity contribution < 1.29 is 9.59 Å². The van der Waals surface area contributed by atoms with Crippen LogP contribution in [-0.2, 0) is 9.59 Å². The molecule has 108 valence electrons. The Morgan fingerprint density at radius 2 is 1.89 bits per heavy atom. The second kappa shape index (κ2) is 6.51. The van der Waals surface area contributed by atoms with Gasteiger partial charge in [0, 0.05) is 6.54 Å². The minimum atomic E-state index is -0.269. The van der Waals surface area contributed by atoms with E-state index in [1.165, 1.54) is 30.6 Å². The van der Waals surface area contributed by atoms with Crippen LogP contribution in [0, 0.1) is 11.8 Å². The van der Waals surface area contributed by atoms with Gasteiger partial charge in [0.25, 0.3) is 0 Å². The third kappa shape index (κ3) is 3.56. The predicted molar refractivity (Wildman–Crippen MR) is 74.5 cm³/mol. The standard InChI is InChI=1S/C15H26N2O2/c1-3-17-14(18)10-13(15(17)19)16-9-8-12-6-4-11(2)5-7-12/h11-13,16H,3-10H2,1-2H3. The summed E-state index contributed by atoms with van der Waals surface area (Å²) in [5, 5.41) is 3.27. The summed E-state index contributed by atoms with van der Waals surface area (Å²) in [5.74, 6) is 1.62. The predicted octanol–water partition coefficient (Wildman–Crippen LogP) is 1.94. The van der Waals surface area contributed by atoms with E-state index in [1.807, 2.05) is 6.92 Å². The zero-order chi connectivity index (χ0) is 13.8. The molecule has 1 heterocycles. The van der Waals surface area contributed by atoms with E-state index in [2.05, 4.69) is 12.2 Å². The van der Waals surface area contributed by atoms with Crippen LogP contribution >= 0.6 is 0 Å². The topological polar surface area (TPSA) is 49.4 Å². The van der Waals surface area contributed by atoms with E-state index >= 15 is 0 Å². The maximum absolute atomic E-state index is 11.9. The molecule has 1 N–H and O–H groups in total. The first-order chi connectivity index (χ1) is 9.11. The van der Waals surface area contributed by atoms with Gasteiger partial charge in [0.2, 0.25) is 11.8 Å². The molecule has 0 bridgehead atoms. The lowest BCUT2D eigenvalue weighted by molar-refractivity contribution is -0.138. The summed E-state index contributed by atoms with van der Waals surface area (Å²) in [7, 11) is 0. The fourth-order valence-corrected chi connectivity index (χ4v) is 3.25. The van der Waals surface area contributed by atoms with Crippen LogP contribution in [0.5, 0.6) is 0 Å². The highest BCUT2D eigenvalue weighted by Crippen LogP contribution is 2.30. The van der Waals surface area contributed by atoms with Crippen molar-refractivity contribution >= 4 is 11.8 Å². The van der Waals surface area contributed by atoms with Crippen molar-refractivity contribution in [2.24, 2.45) is 11.8 Å². The number of hydrogen-bond acceptors (Lipinski definition) is 3. The van der Waals surface area contributed by atoms with E-state index in [9.17, 15) is 9.59 Å². The lowest BCUT2D eigenvalue weighted by Crippen LogP contribution is -2.39. The van der Waals surface area contributed by atoms with Gasteiger partial charge in [-0.05, 0) is 31.7 Å². The maximum Gasteiger partial charge on any atom is 0.246 e. The summed E-state index contributed by atoms with van der Waals surface area (Å²) in [4.78, 5) is 24.9. The molecule has 1 saturated carbocycles. The zero-order valence-corrected chi connectivity index (χ0v) is 12.2. The maximum atomic E-state index is 11.9. The number of amides is 2. The Hall–Kier alpha value is -0.900. The summed E-state index contributed by atoms with van der Waals surface area (Å²) in [6.07, 6.45) is 6.80. The Labute approximate surface area is 115 Å². The van der Waals surface area contributed by atoms with Crippen LogP contribution in [0.25, 0.3) is 0 Å². The monoisotopic (exact) mass is 266 g/mol. The number of imide groups is 1. The molecule has 2 fully saturated rings. The van der Waals surface area contributed by atoms with Crippen LogP contribution in [0.2, 0.25) is 0 Å². The summed E-state index contributed by atoms with van der Waals surface area (Å²) < 4.78 is 0. The van der Waals surface area contributed by atoms with E-state index in [1.54, 1.807) is 0 Å². The van der Waals surface area contributed by atoms with Crippen LogP contribution in [-0.4, -0.2) is 35.8 Å². The smallest absolute Gasteiger partial charge is 0.246 e. The molecule has 0 spiro atoms. The number of rotatable bonds is 5. The third-order valence-corrected chi connectivity index (χ3v) is 4.64. The molecule has 4 nitrogen and oxygen atoms in total. The molecule has 2 aliphatic rings. The first-order valence-corrected chi connectivity index (χ1v) is 7.69.